The van der Waals surface area contributed by atoms with Gasteiger partial charge < -0.3 is 15.3 Å². The van der Waals surface area contributed by atoms with Crippen LogP contribution in [0.1, 0.15) is 33.6 Å². The number of hydrogen-bond acceptors (Lipinski definition) is 4. The molecule has 5 atom stereocenters. The zero-order valence-electron chi connectivity index (χ0n) is 11.7. The molecule has 0 amide bonds. The molecule has 4 nitrogen and oxygen atoms in total. The summed E-state index contributed by atoms with van der Waals surface area (Å²) >= 11 is 0. The maximum atomic E-state index is 12.0. The van der Waals surface area contributed by atoms with Gasteiger partial charge in [-0.1, -0.05) is 26.3 Å². The van der Waals surface area contributed by atoms with Gasteiger partial charge in [0.25, 0.3) is 0 Å². The molecular weight excluding hydrogens is 244 g/mol. The highest BCUT2D eigenvalue weighted by atomic mass is 16.3. The number of rotatable bonds is 1. The van der Waals surface area contributed by atoms with E-state index >= 15 is 0 Å². The molecule has 0 saturated heterocycles. The summed E-state index contributed by atoms with van der Waals surface area (Å²) in [6.45, 7) is 5.29. The Kier molecular flexibility index (Phi) is 2.44. The molecular formula is C15H22O4. The van der Waals surface area contributed by atoms with Crippen LogP contribution in [-0.4, -0.2) is 39.4 Å². The lowest BCUT2D eigenvalue weighted by Gasteiger charge is -2.43. The van der Waals surface area contributed by atoms with Gasteiger partial charge in [0.1, 0.15) is 0 Å². The summed E-state index contributed by atoms with van der Waals surface area (Å²) in [6.07, 6.45) is 2.57. The fourth-order valence-corrected chi connectivity index (χ4v) is 4.89. The topological polar surface area (TPSA) is 77.8 Å². The number of ketones is 1. The highest BCUT2D eigenvalue weighted by Crippen LogP contribution is 2.67. The van der Waals surface area contributed by atoms with Gasteiger partial charge in [-0.3, -0.25) is 4.79 Å². The van der Waals surface area contributed by atoms with Crippen molar-refractivity contribution < 1.29 is 20.1 Å². The molecule has 0 heterocycles. The van der Waals surface area contributed by atoms with Crippen LogP contribution in [0.3, 0.4) is 0 Å². The summed E-state index contributed by atoms with van der Waals surface area (Å²) in [4.78, 5) is 12.0. The molecule has 0 bridgehead atoms. The minimum absolute atomic E-state index is 0.155. The van der Waals surface area contributed by atoms with Crippen LogP contribution in [0, 0.1) is 22.7 Å². The fraction of sp³-hybridized carbons (Fsp3) is 0.800. The van der Waals surface area contributed by atoms with E-state index in [2.05, 4.69) is 0 Å². The molecule has 0 radical (unpaired) electrons. The van der Waals surface area contributed by atoms with E-state index < -0.39 is 29.5 Å². The van der Waals surface area contributed by atoms with Crippen molar-refractivity contribution in [1.82, 2.24) is 0 Å². The Hall–Kier alpha value is -0.710. The first-order valence-electron chi connectivity index (χ1n) is 6.95. The van der Waals surface area contributed by atoms with E-state index in [1.165, 1.54) is 6.08 Å². The molecule has 3 rings (SSSR count). The van der Waals surface area contributed by atoms with Crippen molar-refractivity contribution in [3.05, 3.63) is 11.6 Å². The second-order valence-electron chi connectivity index (χ2n) is 7.38. The summed E-state index contributed by atoms with van der Waals surface area (Å²) in [7, 11) is 0. The highest BCUT2D eigenvalue weighted by molar-refractivity contribution is 6.02. The Morgan fingerprint density at radius 1 is 1.37 bits per heavy atom. The average molecular weight is 266 g/mol. The molecule has 0 aliphatic heterocycles. The Balaban J connectivity index is 2.11. The third-order valence-corrected chi connectivity index (χ3v) is 6.05. The van der Waals surface area contributed by atoms with Crippen LogP contribution >= 0.6 is 0 Å². The highest BCUT2D eigenvalue weighted by Gasteiger charge is 2.70. The van der Waals surface area contributed by atoms with Gasteiger partial charge in [-0.05, 0) is 30.3 Å². The first-order valence-corrected chi connectivity index (χ1v) is 6.95. The predicted octanol–water partition coefficient (Wildman–Crippen LogP) is 0.652. The lowest BCUT2D eigenvalue weighted by Crippen LogP contribution is -2.56. The second kappa shape index (κ2) is 3.48. The van der Waals surface area contributed by atoms with Gasteiger partial charge in [-0.25, -0.2) is 0 Å². The number of aliphatic hydroxyl groups excluding tert-OH is 2. The van der Waals surface area contributed by atoms with Crippen LogP contribution in [0.25, 0.3) is 0 Å². The minimum Gasteiger partial charge on any atom is -0.393 e. The lowest BCUT2D eigenvalue weighted by molar-refractivity contribution is -0.157. The molecule has 4 heteroatoms. The maximum Gasteiger partial charge on any atom is 0.190 e. The quantitative estimate of drug-likeness (QED) is 0.651. The first-order chi connectivity index (χ1) is 8.68. The molecule has 0 aromatic heterocycles. The van der Waals surface area contributed by atoms with Crippen molar-refractivity contribution in [2.24, 2.45) is 22.7 Å². The summed E-state index contributed by atoms with van der Waals surface area (Å²) in [6, 6.07) is 0. The van der Waals surface area contributed by atoms with Crippen molar-refractivity contribution in [2.75, 3.05) is 6.61 Å². The van der Waals surface area contributed by atoms with E-state index in [1.54, 1.807) is 0 Å². The van der Waals surface area contributed by atoms with E-state index in [9.17, 15) is 20.1 Å². The molecule has 0 aromatic rings. The van der Waals surface area contributed by atoms with Crippen molar-refractivity contribution in [1.29, 1.82) is 0 Å². The van der Waals surface area contributed by atoms with Gasteiger partial charge in [0, 0.05) is 11.3 Å². The molecule has 19 heavy (non-hydrogen) atoms. The summed E-state index contributed by atoms with van der Waals surface area (Å²) in [5.41, 5.74) is -1.88. The molecule has 106 valence electrons. The molecule has 2 fully saturated rings. The van der Waals surface area contributed by atoms with Crippen molar-refractivity contribution in [2.45, 2.75) is 45.3 Å². The number of fused-ring (bicyclic) bond motifs is 3. The van der Waals surface area contributed by atoms with Crippen molar-refractivity contribution in [3.63, 3.8) is 0 Å². The normalized spacial score (nSPS) is 51.2. The smallest absolute Gasteiger partial charge is 0.190 e. The fourth-order valence-electron chi connectivity index (χ4n) is 4.89. The zero-order valence-corrected chi connectivity index (χ0v) is 11.7. The molecule has 3 aliphatic rings. The molecule has 0 unspecified atom stereocenters. The van der Waals surface area contributed by atoms with Gasteiger partial charge in [0.15, 0.2) is 11.4 Å². The summed E-state index contributed by atoms with van der Waals surface area (Å²) in [5.74, 6) is -0.285. The van der Waals surface area contributed by atoms with E-state index in [4.69, 9.17) is 0 Å². The molecule has 2 saturated carbocycles. The van der Waals surface area contributed by atoms with Crippen LogP contribution < -0.4 is 0 Å². The maximum absolute atomic E-state index is 12.0. The molecule has 0 spiro atoms. The van der Waals surface area contributed by atoms with E-state index in [0.717, 1.165) is 18.4 Å². The van der Waals surface area contributed by atoms with Gasteiger partial charge in [-0.15, -0.1) is 0 Å². The van der Waals surface area contributed by atoms with Crippen LogP contribution in [0.4, 0.5) is 0 Å². The van der Waals surface area contributed by atoms with Crippen LogP contribution in [0.15, 0.2) is 11.6 Å². The minimum atomic E-state index is -1.76. The largest absolute Gasteiger partial charge is 0.393 e. The lowest BCUT2D eigenvalue weighted by atomic mass is 9.64. The number of carbonyl (C=O) groups is 1. The standard InChI is InChI=1S/C15H22O4/c1-13(2)6-8-4-9-5-10(17)15(19,7-16)14(9,3)11(8)12(13)18/h5,8,11-12,16,18-19H,4,6-7H2,1-3H3/t8-,11-,12+,14+,15-/m0/s1. The third kappa shape index (κ3) is 1.28. The second-order valence-corrected chi connectivity index (χ2v) is 7.38. The number of hydrogen-bond donors (Lipinski definition) is 3. The number of aliphatic hydroxyl groups is 3. The average Bonchev–Trinajstić information content (AvgIpc) is 2.78. The molecule has 3 aliphatic carbocycles. The van der Waals surface area contributed by atoms with Crippen molar-refractivity contribution >= 4 is 5.78 Å². The Morgan fingerprint density at radius 2 is 2.00 bits per heavy atom. The van der Waals surface area contributed by atoms with Gasteiger partial charge in [0.05, 0.1) is 12.7 Å². The molecule has 0 aromatic carbocycles. The third-order valence-electron chi connectivity index (χ3n) is 6.05. The van der Waals surface area contributed by atoms with Crippen LogP contribution in [0.5, 0.6) is 0 Å². The summed E-state index contributed by atoms with van der Waals surface area (Å²) < 4.78 is 0. The van der Waals surface area contributed by atoms with E-state index in [-0.39, 0.29) is 17.3 Å². The van der Waals surface area contributed by atoms with Crippen molar-refractivity contribution in [3.8, 4) is 0 Å². The zero-order chi connectivity index (χ0) is 14.2. The SMILES string of the molecule is CC1(C)C[C@@H]2CC3=CC(=O)[C@@](O)(CO)[C@@]3(C)[C@@H]2[C@H]1O. The van der Waals surface area contributed by atoms with Gasteiger partial charge >= 0.3 is 0 Å². The van der Waals surface area contributed by atoms with E-state index in [0.29, 0.717) is 0 Å². The number of carbonyl (C=O) groups excluding carboxylic acids is 1. The summed E-state index contributed by atoms with van der Waals surface area (Å²) in [5, 5.41) is 30.9. The Morgan fingerprint density at radius 3 is 2.58 bits per heavy atom. The van der Waals surface area contributed by atoms with Crippen LogP contribution in [-0.2, 0) is 4.79 Å². The van der Waals surface area contributed by atoms with Gasteiger partial charge in [0.2, 0.25) is 0 Å². The monoisotopic (exact) mass is 266 g/mol. The molecule has 3 N–H and O–H groups in total. The van der Waals surface area contributed by atoms with E-state index in [1.807, 2.05) is 20.8 Å². The predicted molar refractivity (Wildman–Crippen MR) is 69.2 cm³/mol. The Bertz CT molecular complexity index is 481. The first kappa shape index (κ1) is 13.3. The Labute approximate surface area is 113 Å². The van der Waals surface area contributed by atoms with Crippen LogP contribution in [0.2, 0.25) is 0 Å². The van der Waals surface area contributed by atoms with Gasteiger partial charge in [-0.2, -0.15) is 0 Å².